The second-order valence-corrected chi connectivity index (χ2v) is 8.85. The van der Waals surface area contributed by atoms with E-state index in [-0.39, 0.29) is 30.8 Å². The summed E-state index contributed by atoms with van der Waals surface area (Å²) in [5, 5.41) is 19.6. The normalized spacial score (nSPS) is 20.4. The Bertz CT molecular complexity index is 750. The van der Waals surface area contributed by atoms with Crippen LogP contribution in [-0.4, -0.2) is 90.6 Å². The van der Waals surface area contributed by atoms with Crippen LogP contribution in [0, 0.1) is 5.92 Å². The van der Waals surface area contributed by atoms with Crippen LogP contribution in [0.4, 0.5) is 0 Å². The SMILES string of the molecule is CNC(=O)C[C@H]1CC[C@@H](CNC(=O)CC2CCN(Cc3ccccc3)CC2)N1C.O=CO.O=CO. The Labute approximate surface area is 207 Å². The molecule has 0 unspecified atom stereocenters. The summed E-state index contributed by atoms with van der Waals surface area (Å²) in [5.74, 6) is 0.754. The highest BCUT2D eigenvalue weighted by molar-refractivity contribution is 5.76. The summed E-state index contributed by atoms with van der Waals surface area (Å²) in [6, 6.07) is 11.2. The number of likely N-dealkylation sites (tertiary alicyclic amines) is 2. The van der Waals surface area contributed by atoms with Gasteiger partial charge in [-0.2, -0.15) is 0 Å². The van der Waals surface area contributed by atoms with Crippen molar-refractivity contribution in [1.29, 1.82) is 0 Å². The van der Waals surface area contributed by atoms with Gasteiger partial charge in [-0.15, -0.1) is 0 Å². The number of amides is 2. The number of piperidine rings is 1. The van der Waals surface area contributed by atoms with E-state index in [1.54, 1.807) is 7.05 Å². The lowest BCUT2D eigenvalue weighted by Crippen LogP contribution is -2.43. The van der Waals surface area contributed by atoms with Crippen LogP contribution >= 0.6 is 0 Å². The van der Waals surface area contributed by atoms with Gasteiger partial charge in [-0.3, -0.25) is 29.0 Å². The summed E-state index contributed by atoms with van der Waals surface area (Å²) in [4.78, 5) is 45.5. The van der Waals surface area contributed by atoms with Crippen LogP contribution in [-0.2, 0) is 25.7 Å². The minimum atomic E-state index is -0.250. The van der Waals surface area contributed by atoms with Crippen LogP contribution < -0.4 is 10.6 Å². The van der Waals surface area contributed by atoms with Crippen LogP contribution in [0.15, 0.2) is 30.3 Å². The molecule has 2 heterocycles. The third kappa shape index (κ3) is 11.8. The monoisotopic (exact) mass is 492 g/mol. The molecule has 1 aromatic rings. The second kappa shape index (κ2) is 17.5. The average Bonchev–Trinajstić information content (AvgIpc) is 3.19. The summed E-state index contributed by atoms with van der Waals surface area (Å²) in [6.07, 6.45) is 5.42. The maximum atomic E-state index is 12.4. The van der Waals surface area contributed by atoms with Gasteiger partial charge in [-0.1, -0.05) is 30.3 Å². The minimum absolute atomic E-state index is 0.0881. The smallest absolute Gasteiger partial charge is 0.290 e. The number of likely N-dealkylation sites (N-methyl/N-ethyl adjacent to an activating group) is 1. The van der Waals surface area contributed by atoms with Crippen molar-refractivity contribution in [1.82, 2.24) is 20.4 Å². The molecule has 35 heavy (non-hydrogen) atoms. The highest BCUT2D eigenvalue weighted by Gasteiger charge is 2.31. The highest BCUT2D eigenvalue weighted by atomic mass is 16.3. The predicted molar refractivity (Wildman–Crippen MR) is 133 cm³/mol. The first kappa shape index (κ1) is 30.1. The quantitative estimate of drug-likeness (QED) is 0.400. The molecular weight excluding hydrogens is 452 g/mol. The molecule has 1 aromatic carbocycles. The van der Waals surface area contributed by atoms with Crippen LogP contribution in [0.5, 0.6) is 0 Å². The maximum Gasteiger partial charge on any atom is 0.290 e. The summed E-state index contributed by atoms with van der Waals surface area (Å²) >= 11 is 0. The molecule has 0 bridgehead atoms. The topological polar surface area (TPSA) is 139 Å². The standard InChI is InChI=1S/C23H36N4O2.2CH2O2/c1-24-22(28)15-20-8-9-21(26(20)2)16-25-23(29)14-18-10-12-27(13-11-18)17-19-6-4-3-5-7-19;2*2-1-3/h3-7,18,20-21H,8-17H2,1-2H3,(H,24,28)(H,25,29);2*1H,(H,2,3)/t20-,21+;;/m1../s1. The number of carbonyl (C=O) groups is 4. The number of rotatable bonds is 8. The third-order valence-electron chi connectivity index (χ3n) is 6.65. The van der Waals surface area contributed by atoms with Gasteiger partial charge in [0.05, 0.1) is 0 Å². The Hall–Kier alpha value is -2.98. The Morgan fingerprint density at radius 3 is 2.09 bits per heavy atom. The van der Waals surface area contributed by atoms with Gasteiger partial charge < -0.3 is 20.8 Å². The fourth-order valence-electron chi connectivity index (χ4n) is 4.65. The molecule has 2 fully saturated rings. The van der Waals surface area contributed by atoms with Crippen molar-refractivity contribution in [3.63, 3.8) is 0 Å². The summed E-state index contributed by atoms with van der Waals surface area (Å²) in [7, 11) is 3.75. The van der Waals surface area contributed by atoms with Gasteiger partial charge in [0.2, 0.25) is 11.8 Å². The largest absolute Gasteiger partial charge is 0.483 e. The molecule has 0 spiro atoms. The van der Waals surface area contributed by atoms with Gasteiger partial charge in [0.15, 0.2) is 0 Å². The molecule has 2 aliphatic rings. The van der Waals surface area contributed by atoms with Crippen LogP contribution in [0.1, 0.15) is 44.1 Å². The van der Waals surface area contributed by atoms with Gasteiger partial charge >= 0.3 is 0 Å². The van der Waals surface area contributed by atoms with E-state index in [0.29, 0.717) is 31.3 Å². The van der Waals surface area contributed by atoms with Crippen LogP contribution in [0.25, 0.3) is 0 Å². The average molecular weight is 493 g/mol. The van der Waals surface area contributed by atoms with Crippen molar-refractivity contribution in [2.45, 2.75) is 57.2 Å². The molecular formula is C25H40N4O6. The fourth-order valence-corrected chi connectivity index (χ4v) is 4.65. The van der Waals surface area contributed by atoms with Crippen molar-refractivity contribution in [2.75, 3.05) is 33.7 Å². The summed E-state index contributed by atoms with van der Waals surface area (Å²) in [5.41, 5.74) is 1.36. The molecule has 2 atom stereocenters. The highest BCUT2D eigenvalue weighted by Crippen LogP contribution is 2.25. The van der Waals surface area contributed by atoms with E-state index in [2.05, 4.69) is 57.8 Å². The first-order chi connectivity index (χ1) is 16.9. The molecule has 0 aromatic heterocycles. The first-order valence-electron chi connectivity index (χ1n) is 12.0. The number of carbonyl (C=O) groups excluding carboxylic acids is 2. The minimum Gasteiger partial charge on any atom is -0.483 e. The van der Waals surface area contributed by atoms with E-state index >= 15 is 0 Å². The van der Waals surface area contributed by atoms with Gasteiger partial charge in [0, 0.05) is 45.1 Å². The molecule has 4 N–H and O–H groups in total. The Kier molecular flexibility index (Phi) is 15.0. The Morgan fingerprint density at radius 1 is 0.943 bits per heavy atom. The molecule has 0 saturated carbocycles. The van der Waals surface area contributed by atoms with E-state index < -0.39 is 0 Å². The van der Waals surface area contributed by atoms with Gasteiger partial charge in [0.25, 0.3) is 12.9 Å². The summed E-state index contributed by atoms with van der Waals surface area (Å²) in [6.45, 7) is 3.33. The molecule has 0 radical (unpaired) electrons. The number of carboxylic acid groups (broad SMARTS) is 2. The second-order valence-electron chi connectivity index (χ2n) is 8.85. The number of hydrogen-bond donors (Lipinski definition) is 4. The summed E-state index contributed by atoms with van der Waals surface area (Å²) < 4.78 is 0. The molecule has 10 nitrogen and oxygen atoms in total. The van der Waals surface area contributed by atoms with Crippen molar-refractivity contribution in [2.24, 2.45) is 5.92 Å². The Balaban J connectivity index is 0.000000926. The molecule has 3 rings (SSSR count). The molecule has 10 heteroatoms. The zero-order valence-electron chi connectivity index (χ0n) is 20.8. The fraction of sp³-hybridized carbons (Fsp3) is 0.600. The predicted octanol–water partition coefficient (Wildman–Crippen LogP) is 1.41. The Morgan fingerprint density at radius 2 is 1.51 bits per heavy atom. The molecule has 2 amide bonds. The van der Waals surface area contributed by atoms with Crippen LogP contribution in [0.2, 0.25) is 0 Å². The lowest BCUT2D eigenvalue weighted by Gasteiger charge is -2.32. The molecule has 2 aliphatic heterocycles. The van der Waals surface area contributed by atoms with Crippen LogP contribution in [0.3, 0.4) is 0 Å². The third-order valence-corrected chi connectivity index (χ3v) is 6.65. The van der Waals surface area contributed by atoms with Crippen molar-refractivity contribution >= 4 is 24.8 Å². The van der Waals surface area contributed by atoms with Gasteiger partial charge in [-0.05, 0) is 57.3 Å². The molecule has 2 saturated heterocycles. The number of hydrogen-bond acceptors (Lipinski definition) is 6. The van der Waals surface area contributed by atoms with Crippen molar-refractivity contribution in [3.05, 3.63) is 35.9 Å². The number of nitrogens with zero attached hydrogens (tertiary/aromatic N) is 2. The molecule has 0 aliphatic carbocycles. The number of benzene rings is 1. The zero-order valence-corrected chi connectivity index (χ0v) is 20.8. The van der Waals surface area contributed by atoms with E-state index in [4.69, 9.17) is 19.8 Å². The lowest BCUT2D eigenvalue weighted by atomic mass is 9.93. The van der Waals surface area contributed by atoms with E-state index in [1.807, 2.05) is 0 Å². The number of nitrogens with one attached hydrogen (secondary N) is 2. The van der Waals surface area contributed by atoms with E-state index in [0.717, 1.165) is 45.3 Å². The van der Waals surface area contributed by atoms with Gasteiger partial charge in [0.1, 0.15) is 0 Å². The van der Waals surface area contributed by atoms with Crippen molar-refractivity contribution in [3.8, 4) is 0 Å². The van der Waals surface area contributed by atoms with Crippen molar-refractivity contribution < 1.29 is 29.4 Å². The van der Waals surface area contributed by atoms with E-state index in [9.17, 15) is 9.59 Å². The lowest BCUT2D eigenvalue weighted by molar-refractivity contribution is -0.123. The van der Waals surface area contributed by atoms with E-state index in [1.165, 1.54) is 5.56 Å². The van der Waals surface area contributed by atoms with Gasteiger partial charge in [-0.25, -0.2) is 0 Å². The zero-order chi connectivity index (χ0) is 26.1. The molecule has 196 valence electrons. The first-order valence-corrected chi connectivity index (χ1v) is 12.0. The maximum absolute atomic E-state index is 12.4.